The molecule has 2 aromatic rings. The first-order valence-electron chi connectivity index (χ1n) is 8.00. The zero-order valence-electron chi connectivity index (χ0n) is 15.4. The number of carbonyl (C=O) groups is 2. The fraction of sp³-hybridized carbons (Fsp3) is 0.263. The van der Waals surface area contributed by atoms with E-state index in [1.54, 1.807) is 13.8 Å². The van der Waals surface area contributed by atoms with E-state index in [2.05, 4.69) is 4.74 Å². The third kappa shape index (κ3) is 4.22. The minimum Gasteiger partial charge on any atom is -0.507 e. The SMILES string of the molecule is CCOC(=O)c1c(O)cc(C)cc1Oc1cc(OC)cc(C(=O)OC)c1O. The van der Waals surface area contributed by atoms with Crippen LogP contribution in [0.1, 0.15) is 33.2 Å². The minimum atomic E-state index is -0.797. The highest BCUT2D eigenvalue weighted by Gasteiger charge is 2.24. The van der Waals surface area contributed by atoms with Crippen LogP contribution in [0.2, 0.25) is 0 Å². The normalized spacial score (nSPS) is 10.2. The highest BCUT2D eigenvalue weighted by molar-refractivity contribution is 5.96. The van der Waals surface area contributed by atoms with Crippen LogP contribution < -0.4 is 9.47 Å². The predicted octanol–water partition coefficient (Wildman–Crippen LogP) is 3.17. The molecule has 0 aliphatic rings. The third-order valence-corrected chi connectivity index (χ3v) is 3.61. The first-order chi connectivity index (χ1) is 12.8. The van der Waals surface area contributed by atoms with Crippen molar-refractivity contribution in [3.63, 3.8) is 0 Å². The van der Waals surface area contributed by atoms with Gasteiger partial charge in [0.1, 0.15) is 28.4 Å². The average Bonchev–Trinajstić information content (AvgIpc) is 2.62. The molecule has 0 unspecified atom stereocenters. The quantitative estimate of drug-likeness (QED) is 0.740. The highest BCUT2D eigenvalue weighted by atomic mass is 16.5. The number of aromatic hydroxyl groups is 2. The van der Waals surface area contributed by atoms with Crippen LogP contribution in [0, 0.1) is 6.92 Å². The fourth-order valence-corrected chi connectivity index (χ4v) is 2.39. The number of benzene rings is 2. The van der Waals surface area contributed by atoms with Gasteiger partial charge in [0.2, 0.25) is 0 Å². The van der Waals surface area contributed by atoms with Crippen molar-refractivity contribution in [3.05, 3.63) is 41.0 Å². The molecule has 0 saturated carbocycles. The Morgan fingerprint density at radius 1 is 1.00 bits per heavy atom. The summed E-state index contributed by atoms with van der Waals surface area (Å²) in [6, 6.07) is 5.48. The van der Waals surface area contributed by atoms with E-state index < -0.39 is 17.7 Å². The van der Waals surface area contributed by atoms with Crippen molar-refractivity contribution in [2.24, 2.45) is 0 Å². The fourth-order valence-electron chi connectivity index (χ4n) is 2.39. The highest BCUT2D eigenvalue weighted by Crippen LogP contribution is 2.41. The maximum atomic E-state index is 12.2. The summed E-state index contributed by atoms with van der Waals surface area (Å²) in [7, 11) is 2.54. The summed E-state index contributed by atoms with van der Waals surface area (Å²) in [5.74, 6) is -2.42. The van der Waals surface area contributed by atoms with Gasteiger partial charge in [0.15, 0.2) is 11.5 Å². The maximum Gasteiger partial charge on any atom is 0.345 e. The Labute approximate surface area is 155 Å². The van der Waals surface area contributed by atoms with Gasteiger partial charge in [-0.1, -0.05) is 0 Å². The monoisotopic (exact) mass is 376 g/mol. The molecule has 2 N–H and O–H groups in total. The van der Waals surface area contributed by atoms with E-state index in [0.717, 1.165) is 0 Å². The van der Waals surface area contributed by atoms with Crippen LogP contribution in [-0.4, -0.2) is 43.0 Å². The molecule has 0 aliphatic carbocycles. The number of phenolic OH excluding ortho intramolecular Hbond substituents is 2. The van der Waals surface area contributed by atoms with E-state index >= 15 is 0 Å². The van der Waals surface area contributed by atoms with E-state index in [9.17, 15) is 19.8 Å². The van der Waals surface area contributed by atoms with E-state index in [0.29, 0.717) is 5.56 Å². The number of hydrogen-bond acceptors (Lipinski definition) is 8. The van der Waals surface area contributed by atoms with Crippen molar-refractivity contribution in [3.8, 4) is 28.7 Å². The van der Waals surface area contributed by atoms with Gasteiger partial charge >= 0.3 is 11.9 Å². The summed E-state index contributed by atoms with van der Waals surface area (Å²) in [4.78, 5) is 24.1. The van der Waals surface area contributed by atoms with E-state index in [1.165, 1.54) is 38.5 Å². The van der Waals surface area contributed by atoms with Crippen LogP contribution >= 0.6 is 0 Å². The van der Waals surface area contributed by atoms with Crippen molar-refractivity contribution < 1.29 is 38.7 Å². The molecule has 0 amide bonds. The molecule has 0 fully saturated rings. The molecule has 0 spiro atoms. The van der Waals surface area contributed by atoms with Crippen molar-refractivity contribution in [2.75, 3.05) is 20.8 Å². The molecule has 0 atom stereocenters. The number of carbonyl (C=O) groups excluding carboxylic acids is 2. The second-order valence-corrected chi connectivity index (χ2v) is 5.49. The molecule has 0 radical (unpaired) electrons. The minimum absolute atomic E-state index is 0.0506. The summed E-state index contributed by atoms with van der Waals surface area (Å²) < 4.78 is 20.3. The van der Waals surface area contributed by atoms with Crippen molar-refractivity contribution in [1.29, 1.82) is 0 Å². The number of esters is 2. The van der Waals surface area contributed by atoms with Crippen LogP contribution in [0.3, 0.4) is 0 Å². The zero-order valence-corrected chi connectivity index (χ0v) is 15.4. The van der Waals surface area contributed by atoms with E-state index in [1.807, 2.05) is 0 Å². The van der Waals surface area contributed by atoms with E-state index in [-0.39, 0.29) is 40.7 Å². The zero-order chi connectivity index (χ0) is 20.1. The topological polar surface area (TPSA) is 112 Å². The van der Waals surface area contributed by atoms with Crippen molar-refractivity contribution in [2.45, 2.75) is 13.8 Å². The number of hydrogen-bond donors (Lipinski definition) is 2. The molecule has 8 nitrogen and oxygen atoms in total. The lowest BCUT2D eigenvalue weighted by Crippen LogP contribution is -2.08. The van der Waals surface area contributed by atoms with Crippen LogP contribution in [0.5, 0.6) is 28.7 Å². The molecule has 0 aliphatic heterocycles. The Kier molecular flexibility index (Phi) is 6.12. The number of aryl methyl sites for hydroxylation is 1. The summed E-state index contributed by atoms with van der Waals surface area (Å²) in [5, 5.41) is 20.5. The second-order valence-electron chi connectivity index (χ2n) is 5.49. The largest absolute Gasteiger partial charge is 0.507 e. The number of phenols is 2. The Morgan fingerprint density at radius 3 is 2.30 bits per heavy atom. The maximum absolute atomic E-state index is 12.2. The Bertz CT molecular complexity index is 872. The first-order valence-corrected chi connectivity index (χ1v) is 8.00. The lowest BCUT2D eigenvalue weighted by atomic mass is 10.1. The van der Waals surface area contributed by atoms with Crippen LogP contribution in [0.15, 0.2) is 24.3 Å². The van der Waals surface area contributed by atoms with Gasteiger partial charge in [-0.2, -0.15) is 0 Å². The summed E-state index contributed by atoms with van der Waals surface area (Å²) in [5.41, 5.74) is 0.219. The Morgan fingerprint density at radius 2 is 1.70 bits per heavy atom. The molecule has 0 saturated heterocycles. The van der Waals surface area contributed by atoms with Gasteiger partial charge < -0.3 is 29.2 Å². The second kappa shape index (κ2) is 8.31. The standard InChI is InChI=1S/C19H20O8/c1-5-26-19(23)16-13(20)6-10(2)7-14(16)27-15-9-11(24-3)8-12(17(15)21)18(22)25-4/h6-9,20-21H,5H2,1-4H3. The molecule has 2 rings (SSSR count). The number of methoxy groups -OCH3 is 2. The van der Waals surface area contributed by atoms with Gasteiger partial charge in [-0.05, 0) is 37.6 Å². The molecule has 0 bridgehead atoms. The molecular weight excluding hydrogens is 356 g/mol. The van der Waals surface area contributed by atoms with E-state index in [4.69, 9.17) is 14.2 Å². The Balaban J connectivity index is 2.60. The van der Waals surface area contributed by atoms with Gasteiger partial charge in [-0.25, -0.2) is 9.59 Å². The van der Waals surface area contributed by atoms with Gasteiger partial charge in [-0.3, -0.25) is 0 Å². The molecule has 2 aromatic carbocycles. The van der Waals surface area contributed by atoms with Crippen LogP contribution in [0.4, 0.5) is 0 Å². The van der Waals surface area contributed by atoms with Crippen molar-refractivity contribution in [1.82, 2.24) is 0 Å². The molecule has 0 heterocycles. The molecule has 8 heteroatoms. The van der Waals surface area contributed by atoms with Gasteiger partial charge in [0, 0.05) is 6.07 Å². The number of ether oxygens (including phenoxy) is 4. The predicted molar refractivity (Wildman–Crippen MR) is 94.9 cm³/mol. The molecular formula is C19H20O8. The summed E-state index contributed by atoms with van der Waals surface area (Å²) in [6.07, 6.45) is 0. The van der Waals surface area contributed by atoms with Crippen LogP contribution in [0.25, 0.3) is 0 Å². The van der Waals surface area contributed by atoms with Gasteiger partial charge in [0.05, 0.1) is 20.8 Å². The Hall–Kier alpha value is -3.42. The van der Waals surface area contributed by atoms with Gasteiger partial charge in [0.25, 0.3) is 0 Å². The lowest BCUT2D eigenvalue weighted by molar-refractivity contribution is 0.0518. The molecule has 27 heavy (non-hydrogen) atoms. The molecule has 144 valence electrons. The third-order valence-electron chi connectivity index (χ3n) is 3.61. The molecule has 0 aromatic heterocycles. The van der Waals surface area contributed by atoms with Gasteiger partial charge in [-0.15, -0.1) is 0 Å². The number of rotatable bonds is 6. The first kappa shape index (κ1) is 19.9. The average molecular weight is 376 g/mol. The van der Waals surface area contributed by atoms with Crippen molar-refractivity contribution >= 4 is 11.9 Å². The smallest absolute Gasteiger partial charge is 0.345 e. The van der Waals surface area contributed by atoms with Crippen LogP contribution in [-0.2, 0) is 9.47 Å². The summed E-state index contributed by atoms with van der Waals surface area (Å²) >= 11 is 0. The summed E-state index contributed by atoms with van der Waals surface area (Å²) in [6.45, 7) is 3.41. The lowest BCUT2D eigenvalue weighted by Gasteiger charge is -2.16.